The minimum atomic E-state index is -0.143. The number of halogens is 1. The molecular formula is C18H27IN4O2S. The maximum absolute atomic E-state index is 11.9. The van der Waals surface area contributed by atoms with E-state index in [1.54, 1.807) is 23.7 Å². The van der Waals surface area contributed by atoms with E-state index in [0.717, 1.165) is 18.7 Å². The first-order chi connectivity index (χ1) is 12.1. The van der Waals surface area contributed by atoms with Gasteiger partial charge in [0, 0.05) is 28.8 Å². The molecule has 0 spiro atoms. The van der Waals surface area contributed by atoms with Crippen LogP contribution in [-0.2, 0) is 17.8 Å². The van der Waals surface area contributed by atoms with Gasteiger partial charge in [0.1, 0.15) is 12.3 Å². The zero-order valence-corrected chi connectivity index (χ0v) is 18.5. The number of furan rings is 1. The van der Waals surface area contributed by atoms with Crippen LogP contribution in [0, 0.1) is 6.92 Å². The van der Waals surface area contributed by atoms with Gasteiger partial charge in [-0.3, -0.25) is 4.79 Å². The van der Waals surface area contributed by atoms with Crippen molar-refractivity contribution in [2.45, 2.75) is 39.8 Å². The van der Waals surface area contributed by atoms with Crippen molar-refractivity contribution in [2.24, 2.45) is 4.99 Å². The molecule has 1 unspecified atom stereocenters. The number of aryl methyl sites for hydroxylation is 1. The van der Waals surface area contributed by atoms with Crippen LogP contribution in [-0.4, -0.2) is 31.0 Å². The number of carbonyl (C=O) groups excluding carboxylic acids is 1. The maximum atomic E-state index is 11.9. The van der Waals surface area contributed by atoms with Crippen molar-refractivity contribution < 1.29 is 9.21 Å². The molecular weight excluding hydrogens is 463 g/mol. The number of amides is 1. The molecule has 1 amide bonds. The quantitative estimate of drug-likeness (QED) is 0.302. The molecule has 8 heteroatoms. The molecule has 2 aromatic heterocycles. The highest BCUT2D eigenvalue weighted by Gasteiger charge is 2.09. The summed E-state index contributed by atoms with van der Waals surface area (Å²) < 4.78 is 5.18. The lowest BCUT2D eigenvalue weighted by molar-refractivity contribution is -0.119. The van der Waals surface area contributed by atoms with Gasteiger partial charge in [0.25, 0.3) is 0 Å². The SMILES string of the molecule is CCNC(=NCC(=O)NCc1ccco1)NC(C)Cc1ccc(C)s1.I. The summed E-state index contributed by atoms with van der Waals surface area (Å²) >= 11 is 1.81. The molecule has 0 saturated heterocycles. The largest absolute Gasteiger partial charge is 0.467 e. The zero-order valence-electron chi connectivity index (χ0n) is 15.4. The van der Waals surface area contributed by atoms with Crippen molar-refractivity contribution in [2.75, 3.05) is 13.1 Å². The van der Waals surface area contributed by atoms with Gasteiger partial charge >= 0.3 is 0 Å². The van der Waals surface area contributed by atoms with Crippen molar-refractivity contribution in [1.29, 1.82) is 0 Å². The van der Waals surface area contributed by atoms with Gasteiger partial charge in [0.15, 0.2) is 5.96 Å². The molecule has 144 valence electrons. The standard InChI is InChI=1S/C18H26N4O2S.HI/c1-4-19-18(22-13(2)10-16-8-7-14(3)25-16)21-12-17(23)20-11-15-6-5-9-24-15;/h5-9,13H,4,10-12H2,1-3H3,(H,20,23)(H2,19,21,22);1H. The summed E-state index contributed by atoms with van der Waals surface area (Å²) in [5.41, 5.74) is 0. The lowest BCUT2D eigenvalue weighted by Crippen LogP contribution is -2.43. The van der Waals surface area contributed by atoms with Crippen molar-refractivity contribution in [3.8, 4) is 0 Å². The average molecular weight is 490 g/mol. The maximum Gasteiger partial charge on any atom is 0.242 e. The lowest BCUT2D eigenvalue weighted by atomic mass is 10.2. The number of nitrogens with zero attached hydrogens (tertiary/aromatic N) is 1. The molecule has 0 aliphatic rings. The van der Waals surface area contributed by atoms with E-state index in [2.05, 4.69) is 46.9 Å². The van der Waals surface area contributed by atoms with Crippen LogP contribution in [0.4, 0.5) is 0 Å². The Morgan fingerprint density at radius 3 is 2.73 bits per heavy atom. The minimum Gasteiger partial charge on any atom is -0.467 e. The molecule has 2 aromatic rings. The number of nitrogens with one attached hydrogen (secondary N) is 3. The van der Waals surface area contributed by atoms with E-state index in [1.165, 1.54) is 9.75 Å². The first kappa shape index (κ1) is 22.5. The summed E-state index contributed by atoms with van der Waals surface area (Å²) in [4.78, 5) is 18.9. The van der Waals surface area contributed by atoms with Gasteiger partial charge in [-0.05, 0) is 45.0 Å². The predicted octanol–water partition coefficient (Wildman–Crippen LogP) is 3.07. The van der Waals surface area contributed by atoms with Crippen LogP contribution in [0.1, 0.15) is 29.4 Å². The fourth-order valence-electron chi connectivity index (χ4n) is 2.31. The number of guanidine groups is 1. The molecule has 0 fully saturated rings. The van der Waals surface area contributed by atoms with Crippen LogP contribution in [0.25, 0.3) is 0 Å². The van der Waals surface area contributed by atoms with Gasteiger partial charge in [-0.15, -0.1) is 35.3 Å². The minimum absolute atomic E-state index is 0. The summed E-state index contributed by atoms with van der Waals surface area (Å²) in [6.45, 7) is 7.41. The fourth-order valence-corrected chi connectivity index (χ4v) is 3.33. The van der Waals surface area contributed by atoms with Crippen LogP contribution in [0.3, 0.4) is 0 Å². The van der Waals surface area contributed by atoms with Gasteiger partial charge in [-0.1, -0.05) is 0 Å². The van der Waals surface area contributed by atoms with Gasteiger partial charge in [0.2, 0.25) is 5.91 Å². The number of hydrogen-bond donors (Lipinski definition) is 3. The Morgan fingerprint density at radius 2 is 2.12 bits per heavy atom. The highest BCUT2D eigenvalue weighted by atomic mass is 127. The van der Waals surface area contributed by atoms with Gasteiger partial charge in [0.05, 0.1) is 12.8 Å². The number of carbonyl (C=O) groups is 1. The Morgan fingerprint density at radius 1 is 1.31 bits per heavy atom. The number of rotatable bonds is 8. The van der Waals surface area contributed by atoms with Crippen LogP contribution in [0.2, 0.25) is 0 Å². The summed E-state index contributed by atoms with van der Waals surface area (Å²) in [5.74, 6) is 1.23. The molecule has 0 radical (unpaired) electrons. The van der Waals surface area contributed by atoms with E-state index < -0.39 is 0 Å². The van der Waals surface area contributed by atoms with E-state index in [-0.39, 0.29) is 42.5 Å². The third-order valence-corrected chi connectivity index (χ3v) is 4.47. The summed E-state index contributed by atoms with van der Waals surface area (Å²) in [5, 5.41) is 9.31. The smallest absolute Gasteiger partial charge is 0.242 e. The van der Waals surface area contributed by atoms with E-state index in [9.17, 15) is 4.79 Å². The second-order valence-corrected chi connectivity index (χ2v) is 7.19. The Labute approximate surface area is 175 Å². The summed E-state index contributed by atoms with van der Waals surface area (Å²) in [7, 11) is 0. The highest BCUT2D eigenvalue weighted by molar-refractivity contribution is 14.0. The normalized spacial score (nSPS) is 12.2. The topological polar surface area (TPSA) is 78.7 Å². The van der Waals surface area contributed by atoms with Crippen molar-refractivity contribution in [1.82, 2.24) is 16.0 Å². The van der Waals surface area contributed by atoms with Gasteiger partial charge < -0.3 is 20.4 Å². The lowest BCUT2D eigenvalue weighted by Gasteiger charge is -2.17. The monoisotopic (exact) mass is 490 g/mol. The summed E-state index contributed by atoms with van der Waals surface area (Å²) in [6, 6.07) is 8.13. The van der Waals surface area contributed by atoms with Gasteiger partial charge in [-0.2, -0.15) is 0 Å². The van der Waals surface area contributed by atoms with E-state index >= 15 is 0 Å². The van der Waals surface area contributed by atoms with Crippen LogP contribution in [0.15, 0.2) is 39.9 Å². The zero-order chi connectivity index (χ0) is 18.1. The average Bonchev–Trinajstić information content (AvgIpc) is 3.22. The Kier molecular flexibility index (Phi) is 10.3. The number of thiophene rings is 1. The second kappa shape index (κ2) is 11.9. The molecule has 0 aromatic carbocycles. The van der Waals surface area contributed by atoms with E-state index in [1.807, 2.05) is 13.0 Å². The molecule has 26 heavy (non-hydrogen) atoms. The molecule has 0 bridgehead atoms. The van der Waals surface area contributed by atoms with Crippen LogP contribution < -0.4 is 16.0 Å². The molecule has 0 aliphatic carbocycles. The molecule has 0 aliphatic heterocycles. The first-order valence-corrected chi connectivity index (χ1v) is 9.27. The van der Waals surface area contributed by atoms with Crippen LogP contribution in [0.5, 0.6) is 0 Å². The Balaban J connectivity index is 0.00000338. The van der Waals surface area contributed by atoms with E-state index in [4.69, 9.17) is 4.42 Å². The highest BCUT2D eigenvalue weighted by Crippen LogP contribution is 2.16. The van der Waals surface area contributed by atoms with Crippen molar-refractivity contribution in [3.05, 3.63) is 46.0 Å². The molecule has 2 heterocycles. The Hall–Kier alpha value is -1.55. The molecule has 6 nitrogen and oxygen atoms in total. The molecule has 2 rings (SSSR count). The van der Waals surface area contributed by atoms with Crippen LogP contribution >= 0.6 is 35.3 Å². The second-order valence-electron chi connectivity index (χ2n) is 5.81. The number of aliphatic imine (C=N–C) groups is 1. The fraction of sp³-hybridized carbons (Fsp3) is 0.444. The van der Waals surface area contributed by atoms with E-state index in [0.29, 0.717) is 12.5 Å². The third kappa shape index (κ3) is 8.22. The molecule has 0 saturated carbocycles. The predicted molar refractivity (Wildman–Crippen MR) is 117 cm³/mol. The Bertz CT molecular complexity index is 685. The molecule has 3 N–H and O–H groups in total. The van der Waals surface area contributed by atoms with Gasteiger partial charge in [-0.25, -0.2) is 4.99 Å². The van der Waals surface area contributed by atoms with Crippen molar-refractivity contribution >= 4 is 47.2 Å². The third-order valence-electron chi connectivity index (χ3n) is 3.45. The summed E-state index contributed by atoms with van der Waals surface area (Å²) in [6.07, 6.45) is 2.51. The van der Waals surface area contributed by atoms with Crippen molar-refractivity contribution in [3.63, 3.8) is 0 Å². The first-order valence-electron chi connectivity index (χ1n) is 8.46. The number of hydrogen-bond acceptors (Lipinski definition) is 4. The molecule has 1 atom stereocenters.